The SMILES string of the molecule is CCCNCC1(c2ccc3c(c2)OCCO3)CCCC1. The van der Waals surface area contributed by atoms with Gasteiger partial charge in [0.25, 0.3) is 0 Å². The average molecular weight is 275 g/mol. The summed E-state index contributed by atoms with van der Waals surface area (Å²) in [6.45, 7) is 5.73. The van der Waals surface area contributed by atoms with E-state index in [1.165, 1.54) is 37.7 Å². The Morgan fingerprint density at radius 2 is 1.85 bits per heavy atom. The molecule has 1 aromatic carbocycles. The van der Waals surface area contributed by atoms with Gasteiger partial charge in [-0.3, -0.25) is 0 Å². The molecule has 2 aliphatic rings. The Balaban J connectivity index is 1.83. The van der Waals surface area contributed by atoms with Gasteiger partial charge in [-0.15, -0.1) is 0 Å². The maximum atomic E-state index is 5.75. The molecule has 3 heteroatoms. The Morgan fingerprint density at radius 1 is 1.10 bits per heavy atom. The Kier molecular flexibility index (Phi) is 4.16. The summed E-state index contributed by atoms with van der Waals surface area (Å²) < 4.78 is 11.4. The average Bonchev–Trinajstić information content (AvgIpc) is 2.97. The van der Waals surface area contributed by atoms with E-state index in [4.69, 9.17) is 9.47 Å². The van der Waals surface area contributed by atoms with E-state index in [0.29, 0.717) is 18.6 Å². The molecule has 0 spiro atoms. The van der Waals surface area contributed by atoms with Crippen LogP contribution in [-0.4, -0.2) is 26.3 Å². The van der Waals surface area contributed by atoms with E-state index >= 15 is 0 Å². The molecule has 0 radical (unpaired) electrons. The molecule has 1 fully saturated rings. The molecule has 20 heavy (non-hydrogen) atoms. The van der Waals surface area contributed by atoms with Gasteiger partial charge >= 0.3 is 0 Å². The van der Waals surface area contributed by atoms with Gasteiger partial charge in [-0.05, 0) is 43.5 Å². The quantitative estimate of drug-likeness (QED) is 0.837. The van der Waals surface area contributed by atoms with Crippen molar-refractivity contribution < 1.29 is 9.47 Å². The fourth-order valence-corrected chi connectivity index (χ4v) is 3.50. The van der Waals surface area contributed by atoms with E-state index in [-0.39, 0.29) is 0 Å². The molecule has 0 saturated heterocycles. The third-order valence-corrected chi connectivity index (χ3v) is 4.61. The van der Waals surface area contributed by atoms with E-state index in [1.54, 1.807) is 0 Å². The maximum Gasteiger partial charge on any atom is 0.161 e. The largest absolute Gasteiger partial charge is 0.486 e. The van der Waals surface area contributed by atoms with Gasteiger partial charge in [-0.2, -0.15) is 0 Å². The van der Waals surface area contributed by atoms with Crippen LogP contribution in [0.25, 0.3) is 0 Å². The molecule has 1 saturated carbocycles. The summed E-state index contributed by atoms with van der Waals surface area (Å²) in [5.41, 5.74) is 1.72. The van der Waals surface area contributed by atoms with Crippen molar-refractivity contribution in [3.05, 3.63) is 23.8 Å². The summed E-state index contributed by atoms with van der Waals surface area (Å²) in [5.74, 6) is 1.82. The highest BCUT2D eigenvalue weighted by Crippen LogP contribution is 2.43. The fourth-order valence-electron chi connectivity index (χ4n) is 3.50. The van der Waals surface area contributed by atoms with Gasteiger partial charge in [-0.1, -0.05) is 25.8 Å². The van der Waals surface area contributed by atoms with Gasteiger partial charge in [0, 0.05) is 12.0 Å². The minimum Gasteiger partial charge on any atom is -0.486 e. The maximum absolute atomic E-state index is 5.75. The van der Waals surface area contributed by atoms with Crippen LogP contribution in [0, 0.1) is 0 Å². The zero-order chi connectivity index (χ0) is 13.8. The molecule has 1 aliphatic carbocycles. The van der Waals surface area contributed by atoms with Crippen molar-refractivity contribution in [1.29, 1.82) is 0 Å². The second kappa shape index (κ2) is 6.04. The van der Waals surface area contributed by atoms with Crippen LogP contribution in [0.1, 0.15) is 44.6 Å². The van der Waals surface area contributed by atoms with Crippen molar-refractivity contribution >= 4 is 0 Å². The standard InChI is InChI=1S/C17H25NO2/c1-2-9-18-13-17(7-3-4-8-17)14-5-6-15-16(12-14)20-11-10-19-15/h5-6,12,18H,2-4,7-11,13H2,1H3. The van der Waals surface area contributed by atoms with Crippen LogP contribution >= 0.6 is 0 Å². The van der Waals surface area contributed by atoms with Crippen molar-refractivity contribution in [3.63, 3.8) is 0 Å². The molecule has 0 aromatic heterocycles. The molecule has 0 unspecified atom stereocenters. The molecule has 1 aliphatic heterocycles. The summed E-state index contributed by atoms with van der Waals surface area (Å²) in [4.78, 5) is 0. The van der Waals surface area contributed by atoms with Crippen molar-refractivity contribution in [1.82, 2.24) is 5.32 Å². The van der Waals surface area contributed by atoms with E-state index in [0.717, 1.165) is 24.6 Å². The molecule has 0 atom stereocenters. The summed E-state index contributed by atoms with van der Waals surface area (Å²) in [6.07, 6.45) is 6.43. The second-order valence-corrected chi connectivity index (χ2v) is 6.02. The van der Waals surface area contributed by atoms with Crippen molar-refractivity contribution in [2.75, 3.05) is 26.3 Å². The van der Waals surface area contributed by atoms with Gasteiger partial charge in [0.2, 0.25) is 0 Å². The van der Waals surface area contributed by atoms with E-state index in [1.807, 2.05) is 0 Å². The third-order valence-electron chi connectivity index (χ3n) is 4.61. The Hall–Kier alpha value is -1.22. The summed E-state index contributed by atoms with van der Waals surface area (Å²) in [6, 6.07) is 6.55. The first-order valence-corrected chi connectivity index (χ1v) is 7.95. The minimum absolute atomic E-state index is 0.297. The topological polar surface area (TPSA) is 30.5 Å². The summed E-state index contributed by atoms with van der Waals surface area (Å²) in [7, 11) is 0. The van der Waals surface area contributed by atoms with Crippen molar-refractivity contribution in [3.8, 4) is 11.5 Å². The lowest BCUT2D eigenvalue weighted by Gasteiger charge is -2.31. The normalized spacial score (nSPS) is 20.1. The first-order valence-electron chi connectivity index (χ1n) is 7.95. The minimum atomic E-state index is 0.297. The number of hydrogen-bond acceptors (Lipinski definition) is 3. The van der Waals surface area contributed by atoms with Gasteiger partial charge in [0.1, 0.15) is 13.2 Å². The highest BCUT2D eigenvalue weighted by molar-refractivity contribution is 5.46. The Labute approximate surface area is 121 Å². The van der Waals surface area contributed by atoms with Crippen LogP contribution in [-0.2, 0) is 5.41 Å². The molecule has 3 nitrogen and oxygen atoms in total. The number of ether oxygens (including phenoxy) is 2. The number of hydrogen-bond donors (Lipinski definition) is 1. The van der Waals surface area contributed by atoms with E-state index in [2.05, 4.69) is 30.4 Å². The molecule has 0 amide bonds. The number of benzene rings is 1. The van der Waals surface area contributed by atoms with Crippen LogP contribution in [0.2, 0.25) is 0 Å². The predicted octanol–water partition coefficient (Wildman–Crippen LogP) is 3.27. The lowest BCUT2D eigenvalue weighted by molar-refractivity contribution is 0.171. The number of nitrogens with one attached hydrogen (secondary N) is 1. The van der Waals surface area contributed by atoms with E-state index < -0.39 is 0 Å². The number of rotatable bonds is 5. The van der Waals surface area contributed by atoms with Crippen LogP contribution in [0.3, 0.4) is 0 Å². The van der Waals surface area contributed by atoms with Gasteiger partial charge < -0.3 is 14.8 Å². The summed E-state index contributed by atoms with van der Waals surface area (Å²) >= 11 is 0. The molecule has 1 N–H and O–H groups in total. The molecule has 1 heterocycles. The van der Waals surface area contributed by atoms with Crippen molar-refractivity contribution in [2.24, 2.45) is 0 Å². The first kappa shape index (κ1) is 13.7. The third kappa shape index (κ3) is 2.64. The smallest absolute Gasteiger partial charge is 0.161 e. The lowest BCUT2D eigenvalue weighted by atomic mass is 9.78. The molecular weight excluding hydrogens is 250 g/mol. The highest BCUT2D eigenvalue weighted by atomic mass is 16.6. The zero-order valence-corrected chi connectivity index (χ0v) is 12.4. The van der Waals surface area contributed by atoms with Gasteiger partial charge in [0.05, 0.1) is 0 Å². The zero-order valence-electron chi connectivity index (χ0n) is 12.4. The molecule has 3 rings (SSSR count). The lowest BCUT2D eigenvalue weighted by Crippen LogP contribution is -2.36. The molecular formula is C17H25NO2. The molecule has 0 bridgehead atoms. The van der Waals surface area contributed by atoms with Crippen LogP contribution in [0.5, 0.6) is 11.5 Å². The van der Waals surface area contributed by atoms with Crippen LogP contribution < -0.4 is 14.8 Å². The fraction of sp³-hybridized carbons (Fsp3) is 0.647. The number of fused-ring (bicyclic) bond motifs is 1. The van der Waals surface area contributed by atoms with Crippen LogP contribution in [0.4, 0.5) is 0 Å². The Morgan fingerprint density at radius 3 is 2.60 bits per heavy atom. The molecule has 110 valence electrons. The van der Waals surface area contributed by atoms with Crippen molar-refractivity contribution in [2.45, 2.75) is 44.4 Å². The van der Waals surface area contributed by atoms with Gasteiger partial charge in [0.15, 0.2) is 11.5 Å². The monoisotopic (exact) mass is 275 g/mol. The van der Waals surface area contributed by atoms with E-state index in [9.17, 15) is 0 Å². The van der Waals surface area contributed by atoms with Gasteiger partial charge in [-0.25, -0.2) is 0 Å². The Bertz CT molecular complexity index is 452. The summed E-state index contributed by atoms with van der Waals surface area (Å²) in [5, 5.41) is 3.62. The second-order valence-electron chi connectivity index (χ2n) is 6.02. The predicted molar refractivity (Wildman–Crippen MR) is 80.7 cm³/mol. The van der Waals surface area contributed by atoms with Crippen LogP contribution in [0.15, 0.2) is 18.2 Å². The highest BCUT2D eigenvalue weighted by Gasteiger charge is 2.35. The molecule has 1 aromatic rings. The first-order chi connectivity index (χ1) is 9.84.